The minimum atomic E-state index is -1.20. The molecule has 3 aromatic rings. The summed E-state index contributed by atoms with van der Waals surface area (Å²) in [5, 5.41) is 1.42. The van der Waals surface area contributed by atoms with Gasteiger partial charge in [-0.1, -0.05) is 35.4 Å². The molecule has 35 heavy (non-hydrogen) atoms. The molecule has 1 atom stereocenters. The van der Waals surface area contributed by atoms with Gasteiger partial charge in [0.25, 0.3) is 17.7 Å². The fraction of sp³-hybridized carbons (Fsp3) is 0.185. The molecular weight excluding hydrogens is 466 g/mol. The summed E-state index contributed by atoms with van der Waals surface area (Å²) in [6.07, 6.45) is -0.260. The minimum absolute atomic E-state index is 0.249. The van der Waals surface area contributed by atoms with Gasteiger partial charge >= 0.3 is 0 Å². The highest BCUT2D eigenvalue weighted by Crippen LogP contribution is 2.28. The van der Waals surface area contributed by atoms with E-state index in [0.29, 0.717) is 10.7 Å². The van der Waals surface area contributed by atoms with Crippen molar-refractivity contribution >= 4 is 40.9 Å². The molecule has 0 aromatic heterocycles. The number of carbonyl (C=O) groups is 4. The van der Waals surface area contributed by atoms with Crippen LogP contribution in [0.5, 0.6) is 0 Å². The summed E-state index contributed by atoms with van der Waals surface area (Å²) in [6, 6.07) is 17.0. The van der Waals surface area contributed by atoms with Crippen molar-refractivity contribution in [2.24, 2.45) is 0 Å². The van der Waals surface area contributed by atoms with Crippen LogP contribution >= 0.6 is 11.6 Å². The van der Waals surface area contributed by atoms with Gasteiger partial charge in [0.05, 0.1) is 12.1 Å². The molecule has 1 aliphatic rings. The quantitative estimate of drug-likeness (QED) is 0.435. The fourth-order valence-corrected chi connectivity index (χ4v) is 4.04. The van der Waals surface area contributed by atoms with Gasteiger partial charge < -0.3 is 0 Å². The maximum absolute atomic E-state index is 13.5. The van der Waals surface area contributed by atoms with E-state index in [4.69, 9.17) is 11.6 Å². The molecule has 3 aromatic carbocycles. The van der Waals surface area contributed by atoms with Crippen molar-refractivity contribution in [3.05, 3.63) is 99.6 Å². The number of nitrogens with one attached hydrogen (secondary N) is 1. The molecule has 178 valence electrons. The van der Waals surface area contributed by atoms with Crippen molar-refractivity contribution in [3.63, 3.8) is 0 Å². The maximum atomic E-state index is 13.5. The molecule has 0 bridgehead atoms. The van der Waals surface area contributed by atoms with E-state index in [0.717, 1.165) is 26.6 Å². The Morgan fingerprint density at radius 2 is 1.63 bits per heavy atom. The van der Waals surface area contributed by atoms with Gasteiger partial charge in [-0.3, -0.25) is 24.6 Å². The summed E-state index contributed by atoms with van der Waals surface area (Å²) in [6.45, 7) is 5.66. The lowest BCUT2D eigenvalue weighted by molar-refractivity contribution is -0.122. The molecule has 1 heterocycles. The van der Waals surface area contributed by atoms with Crippen molar-refractivity contribution in [1.82, 2.24) is 10.4 Å². The van der Waals surface area contributed by atoms with Crippen molar-refractivity contribution in [3.8, 4) is 0 Å². The number of halogens is 1. The van der Waals surface area contributed by atoms with Crippen LogP contribution in [0.4, 0.5) is 5.69 Å². The molecule has 8 heteroatoms. The summed E-state index contributed by atoms with van der Waals surface area (Å²) < 4.78 is 0. The topological polar surface area (TPSA) is 86.8 Å². The van der Waals surface area contributed by atoms with Gasteiger partial charge in [-0.05, 0) is 80.4 Å². The molecule has 1 saturated heterocycles. The zero-order chi connectivity index (χ0) is 25.3. The first-order chi connectivity index (χ1) is 16.7. The van der Waals surface area contributed by atoms with Crippen molar-refractivity contribution in [2.45, 2.75) is 33.2 Å². The third-order valence-corrected chi connectivity index (χ3v) is 6.25. The first-order valence-corrected chi connectivity index (χ1v) is 11.4. The molecule has 0 saturated carbocycles. The lowest BCUT2D eigenvalue weighted by atomic mass is 10.1. The number of hydrogen-bond donors (Lipinski definition) is 1. The average Bonchev–Trinajstić information content (AvgIpc) is 3.12. The summed E-state index contributed by atoms with van der Waals surface area (Å²) in [4.78, 5) is 54.0. The number of carbonyl (C=O) groups excluding carboxylic acids is 4. The highest BCUT2D eigenvalue weighted by Gasteiger charge is 2.45. The van der Waals surface area contributed by atoms with Gasteiger partial charge in [-0.2, -0.15) is 0 Å². The van der Waals surface area contributed by atoms with Crippen molar-refractivity contribution < 1.29 is 19.2 Å². The van der Waals surface area contributed by atoms with Crippen molar-refractivity contribution in [2.75, 3.05) is 4.90 Å². The van der Waals surface area contributed by atoms with Crippen LogP contribution in [0, 0.1) is 20.8 Å². The van der Waals surface area contributed by atoms with E-state index in [1.807, 2.05) is 32.9 Å². The fourth-order valence-electron chi connectivity index (χ4n) is 3.92. The Bertz CT molecular complexity index is 1340. The number of amides is 4. The molecule has 7 nitrogen and oxygen atoms in total. The summed E-state index contributed by atoms with van der Waals surface area (Å²) >= 11 is 5.92. The van der Waals surface area contributed by atoms with Crippen LogP contribution in [0.3, 0.4) is 0 Å². The SMILES string of the molecule is Cc1cccc(C(=O)N(NC(=O)c2ccc(Cl)cc2)C2CC(=O)N(c3ccc(C)c(C)c3)C2=O)c1. The smallest absolute Gasteiger partial charge is 0.273 e. The number of anilines is 1. The molecule has 1 unspecified atom stereocenters. The second-order valence-electron chi connectivity index (χ2n) is 8.55. The number of hydrazine groups is 1. The molecule has 1 aliphatic heterocycles. The van der Waals surface area contributed by atoms with E-state index < -0.39 is 29.7 Å². The Hall–Kier alpha value is -3.97. The summed E-state index contributed by atoms with van der Waals surface area (Å²) in [5.74, 6) is -2.24. The Balaban J connectivity index is 1.69. The van der Waals surface area contributed by atoms with Gasteiger partial charge in [-0.25, -0.2) is 9.91 Å². The van der Waals surface area contributed by atoms with Gasteiger partial charge in [0.15, 0.2) is 0 Å². The van der Waals surface area contributed by atoms with E-state index in [9.17, 15) is 19.2 Å². The van der Waals surface area contributed by atoms with Crippen LogP contribution < -0.4 is 10.3 Å². The molecule has 0 radical (unpaired) electrons. The van der Waals surface area contributed by atoms with E-state index >= 15 is 0 Å². The number of nitrogens with zero attached hydrogens (tertiary/aromatic N) is 2. The molecule has 4 amide bonds. The van der Waals surface area contributed by atoms with E-state index in [1.54, 1.807) is 42.5 Å². The highest BCUT2D eigenvalue weighted by atomic mass is 35.5. The summed E-state index contributed by atoms with van der Waals surface area (Å²) in [7, 11) is 0. The normalized spacial score (nSPS) is 15.3. The van der Waals surface area contributed by atoms with Crippen LogP contribution in [0.2, 0.25) is 5.02 Å². The zero-order valence-electron chi connectivity index (χ0n) is 19.5. The predicted molar refractivity (Wildman–Crippen MR) is 133 cm³/mol. The minimum Gasteiger partial charge on any atom is -0.274 e. The number of aryl methyl sites for hydroxylation is 3. The Kier molecular flexibility index (Phi) is 6.71. The van der Waals surface area contributed by atoms with Gasteiger partial charge in [0.2, 0.25) is 5.91 Å². The Morgan fingerprint density at radius 1 is 0.914 bits per heavy atom. The largest absolute Gasteiger partial charge is 0.274 e. The monoisotopic (exact) mass is 489 g/mol. The average molecular weight is 490 g/mol. The number of imide groups is 1. The Morgan fingerprint density at radius 3 is 2.29 bits per heavy atom. The van der Waals surface area contributed by atoms with Gasteiger partial charge in [-0.15, -0.1) is 0 Å². The zero-order valence-corrected chi connectivity index (χ0v) is 20.3. The van der Waals surface area contributed by atoms with Crippen LogP contribution in [-0.4, -0.2) is 34.7 Å². The summed E-state index contributed by atoms with van der Waals surface area (Å²) in [5.41, 5.74) is 6.31. The number of hydrogen-bond acceptors (Lipinski definition) is 4. The standard InChI is InChI=1S/C27H24ClN3O4/c1-16-5-4-6-20(13-16)26(34)31(29-25(33)19-8-10-21(28)11-9-19)23-15-24(32)30(27(23)35)22-12-7-17(2)18(3)14-22/h4-14,23H,15H2,1-3H3,(H,29,33). The first kappa shape index (κ1) is 24.2. The van der Waals surface area contributed by atoms with Crippen molar-refractivity contribution in [1.29, 1.82) is 0 Å². The third-order valence-electron chi connectivity index (χ3n) is 6.00. The molecular formula is C27H24ClN3O4. The third kappa shape index (κ3) is 4.95. The molecule has 4 rings (SSSR count). The molecule has 0 spiro atoms. The predicted octanol–water partition coefficient (Wildman–Crippen LogP) is 4.38. The first-order valence-electron chi connectivity index (χ1n) is 11.1. The number of rotatable bonds is 4. The second kappa shape index (κ2) is 9.72. The maximum Gasteiger partial charge on any atom is 0.273 e. The highest BCUT2D eigenvalue weighted by molar-refractivity contribution is 6.30. The van der Waals surface area contributed by atoms with E-state index in [2.05, 4.69) is 5.43 Å². The Labute approximate surface area is 208 Å². The van der Waals surface area contributed by atoms with E-state index in [1.165, 1.54) is 12.1 Å². The van der Waals surface area contributed by atoms with Crippen LogP contribution in [-0.2, 0) is 9.59 Å². The molecule has 0 aliphatic carbocycles. The lowest BCUT2D eigenvalue weighted by Gasteiger charge is -2.28. The van der Waals surface area contributed by atoms with Gasteiger partial charge in [0.1, 0.15) is 6.04 Å². The number of benzene rings is 3. The molecule has 1 N–H and O–H groups in total. The van der Waals surface area contributed by atoms with Gasteiger partial charge in [0, 0.05) is 16.1 Å². The molecule has 1 fully saturated rings. The lowest BCUT2D eigenvalue weighted by Crippen LogP contribution is -2.54. The second-order valence-corrected chi connectivity index (χ2v) is 8.98. The van der Waals surface area contributed by atoms with Crippen LogP contribution in [0.1, 0.15) is 43.8 Å². The van der Waals surface area contributed by atoms with E-state index in [-0.39, 0.29) is 17.5 Å². The van der Waals surface area contributed by atoms with Crippen LogP contribution in [0.25, 0.3) is 0 Å². The van der Waals surface area contributed by atoms with Crippen LogP contribution in [0.15, 0.2) is 66.7 Å².